The van der Waals surface area contributed by atoms with Crippen molar-refractivity contribution in [1.29, 1.82) is 0 Å². The lowest BCUT2D eigenvalue weighted by molar-refractivity contribution is -0.122. The molecule has 172 valence electrons. The number of nitrogens with zero attached hydrogens (tertiary/aromatic N) is 1. The number of hydrogen-bond acceptors (Lipinski definition) is 5. The van der Waals surface area contributed by atoms with Crippen molar-refractivity contribution in [3.8, 4) is 11.5 Å². The summed E-state index contributed by atoms with van der Waals surface area (Å²) >= 11 is 3.42. The van der Waals surface area contributed by atoms with Crippen molar-refractivity contribution in [1.82, 2.24) is 5.32 Å². The minimum absolute atomic E-state index is 0.0994. The third-order valence-electron chi connectivity index (χ3n) is 4.95. The highest BCUT2D eigenvalue weighted by Crippen LogP contribution is 2.38. The fourth-order valence-electron chi connectivity index (χ4n) is 3.38. The van der Waals surface area contributed by atoms with Gasteiger partial charge in [-0.1, -0.05) is 30.3 Å². The first-order valence-corrected chi connectivity index (χ1v) is 10.9. The maximum Gasteiger partial charge on any atom is 0.335 e. The number of para-hydroxylation sites is 1. The van der Waals surface area contributed by atoms with Crippen LogP contribution in [0.5, 0.6) is 11.5 Å². The van der Waals surface area contributed by atoms with E-state index < -0.39 is 17.8 Å². The van der Waals surface area contributed by atoms with Crippen molar-refractivity contribution in [3.05, 3.63) is 93.7 Å². The van der Waals surface area contributed by atoms with Crippen LogP contribution in [0.3, 0.4) is 0 Å². The van der Waals surface area contributed by atoms with Gasteiger partial charge in [0.05, 0.1) is 17.3 Å². The predicted octanol–water partition coefficient (Wildman–Crippen LogP) is 4.84. The van der Waals surface area contributed by atoms with Crippen LogP contribution in [0.2, 0.25) is 0 Å². The van der Waals surface area contributed by atoms with Crippen LogP contribution in [0.25, 0.3) is 6.08 Å². The molecule has 0 aliphatic carbocycles. The zero-order chi connectivity index (χ0) is 24.2. The lowest BCUT2D eigenvalue weighted by Crippen LogP contribution is -2.54. The van der Waals surface area contributed by atoms with Crippen molar-refractivity contribution in [2.75, 3.05) is 12.0 Å². The van der Waals surface area contributed by atoms with Gasteiger partial charge in [0.25, 0.3) is 11.8 Å². The van der Waals surface area contributed by atoms with Crippen LogP contribution < -0.4 is 19.7 Å². The predicted molar refractivity (Wildman–Crippen MR) is 127 cm³/mol. The summed E-state index contributed by atoms with van der Waals surface area (Å²) in [6, 6.07) is 16.7. The van der Waals surface area contributed by atoms with Crippen LogP contribution in [0.4, 0.5) is 14.9 Å². The maximum absolute atomic E-state index is 13.4. The lowest BCUT2D eigenvalue weighted by atomic mass is 10.1. The molecule has 3 aromatic rings. The van der Waals surface area contributed by atoms with Crippen LogP contribution in [-0.4, -0.2) is 25.0 Å². The molecule has 1 N–H and O–H groups in total. The third kappa shape index (κ3) is 4.84. The third-order valence-corrected chi connectivity index (χ3v) is 5.54. The van der Waals surface area contributed by atoms with Gasteiger partial charge in [-0.05, 0) is 69.5 Å². The van der Waals surface area contributed by atoms with E-state index in [-0.39, 0.29) is 18.0 Å². The van der Waals surface area contributed by atoms with Crippen LogP contribution in [0.15, 0.2) is 76.8 Å². The van der Waals surface area contributed by atoms with E-state index in [1.54, 1.807) is 54.6 Å². The van der Waals surface area contributed by atoms with Crippen molar-refractivity contribution in [2.24, 2.45) is 0 Å². The second-order valence-corrected chi connectivity index (χ2v) is 8.10. The number of carbonyl (C=O) groups excluding carboxylic acids is 3. The molecule has 0 bridgehead atoms. The van der Waals surface area contributed by atoms with Gasteiger partial charge in [-0.2, -0.15) is 0 Å². The number of nitrogens with one attached hydrogen (secondary N) is 1. The molecule has 1 heterocycles. The molecule has 3 aromatic carbocycles. The summed E-state index contributed by atoms with van der Waals surface area (Å²) in [5, 5.41) is 2.19. The molecule has 0 radical (unpaired) electrons. The van der Waals surface area contributed by atoms with E-state index in [9.17, 15) is 18.8 Å². The number of rotatable bonds is 6. The number of imide groups is 2. The van der Waals surface area contributed by atoms with Crippen LogP contribution in [-0.2, 0) is 16.2 Å². The first kappa shape index (κ1) is 23.2. The molecule has 7 nitrogen and oxygen atoms in total. The second kappa shape index (κ2) is 9.88. The van der Waals surface area contributed by atoms with Gasteiger partial charge < -0.3 is 9.47 Å². The van der Waals surface area contributed by atoms with Crippen LogP contribution in [0.1, 0.15) is 11.1 Å². The zero-order valence-electron chi connectivity index (χ0n) is 17.9. The van der Waals surface area contributed by atoms with E-state index in [1.165, 1.54) is 25.3 Å². The fourth-order valence-corrected chi connectivity index (χ4v) is 3.96. The van der Waals surface area contributed by atoms with Gasteiger partial charge in [0.15, 0.2) is 11.5 Å². The number of carbonyl (C=O) groups is 3. The summed E-state index contributed by atoms with van der Waals surface area (Å²) < 4.78 is 25.2. The molecule has 0 unspecified atom stereocenters. The minimum atomic E-state index is -0.821. The fraction of sp³-hybridized carbons (Fsp3) is 0.0800. The Morgan fingerprint density at radius 2 is 1.79 bits per heavy atom. The molecule has 0 atom stereocenters. The standard InChI is InChI=1S/C25H18BrFN2O5/c1-33-21-13-16(12-20(26)22(21)34-14-15-6-5-7-17(27)10-15)11-19-23(30)28-25(32)29(24(19)31)18-8-3-2-4-9-18/h2-13H,14H2,1H3,(H,28,30,32)/b19-11+. The Kier molecular flexibility index (Phi) is 6.74. The highest BCUT2D eigenvalue weighted by atomic mass is 79.9. The minimum Gasteiger partial charge on any atom is -0.493 e. The average molecular weight is 525 g/mol. The summed E-state index contributed by atoms with van der Waals surface area (Å²) in [5.41, 5.74) is 1.21. The number of amides is 4. The topological polar surface area (TPSA) is 84.9 Å². The number of hydrogen-bond donors (Lipinski definition) is 1. The van der Waals surface area contributed by atoms with E-state index in [0.717, 1.165) is 4.90 Å². The maximum atomic E-state index is 13.4. The molecular weight excluding hydrogens is 507 g/mol. The monoisotopic (exact) mass is 524 g/mol. The van der Waals surface area contributed by atoms with Crippen LogP contribution in [0, 0.1) is 5.82 Å². The number of anilines is 1. The summed E-state index contributed by atoms with van der Waals surface area (Å²) in [7, 11) is 1.45. The van der Waals surface area contributed by atoms with E-state index in [4.69, 9.17) is 9.47 Å². The number of methoxy groups -OCH3 is 1. The van der Waals surface area contributed by atoms with Crippen LogP contribution >= 0.6 is 15.9 Å². The number of halogens is 2. The molecule has 34 heavy (non-hydrogen) atoms. The molecule has 9 heteroatoms. The lowest BCUT2D eigenvalue weighted by Gasteiger charge is -2.26. The first-order valence-electron chi connectivity index (χ1n) is 10.1. The molecule has 1 aliphatic heterocycles. The van der Waals surface area contributed by atoms with E-state index in [2.05, 4.69) is 21.2 Å². The van der Waals surface area contributed by atoms with Gasteiger partial charge in [0, 0.05) is 0 Å². The Hall–Kier alpha value is -3.98. The van der Waals surface area contributed by atoms with E-state index >= 15 is 0 Å². The van der Waals surface area contributed by atoms with E-state index in [0.29, 0.717) is 32.8 Å². The van der Waals surface area contributed by atoms with Crippen molar-refractivity contribution in [3.63, 3.8) is 0 Å². The highest BCUT2D eigenvalue weighted by Gasteiger charge is 2.36. The van der Waals surface area contributed by atoms with Crippen molar-refractivity contribution in [2.45, 2.75) is 6.61 Å². The van der Waals surface area contributed by atoms with Gasteiger partial charge in [-0.3, -0.25) is 14.9 Å². The molecule has 1 saturated heterocycles. The van der Waals surface area contributed by atoms with Gasteiger partial charge in [0.2, 0.25) is 0 Å². The number of urea groups is 1. The normalized spacial score (nSPS) is 14.9. The number of barbiturate groups is 1. The van der Waals surface area contributed by atoms with Gasteiger partial charge in [-0.15, -0.1) is 0 Å². The van der Waals surface area contributed by atoms with Gasteiger partial charge in [-0.25, -0.2) is 14.1 Å². The average Bonchev–Trinajstić information content (AvgIpc) is 2.81. The number of ether oxygens (including phenoxy) is 2. The second-order valence-electron chi connectivity index (χ2n) is 7.25. The van der Waals surface area contributed by atoms with Crippen molar-refractivity contribution < 1.29 is 28.2 Å². The largest absolute Gasteiger partial charge is 0.493 e. The molecule has 0 aromatic heterocycles. The molecular formula is C25H18BrFN2O5. The van der Waals surface area contributed by atoms with E-state index in [1.807, 2.05) is 0 Å². The Morgan fingerprint density at radius 1 is 1.03 bits per heavy atom. The zero-order valence-corrected chi connectivity index (χ0v) is 19.5. The molecule has 1 aliphatic rings. The quantitative estimate of drug-likeness (QED) is 0.368. The summed E-state index contributed by atoms with van der Waals surface area (Å²) in [4.78, 5) is 38.7. The molecule has 4 rings (SSSR count). The van der Waals surface area contributed by atoms with Gasteiger partial charge in [0.1, 0.15) is 18.0 Å². The Morgan fingerprint density at radius 3 is 2.50 bits per heavy atom. The Balaban J connectivity index is 1.64. The molecule has 0 spiro atoms. The molecule has 1 fully saturated rings. The van der Waals surface area contributed by atoms with Crippen molar-refractivity contribution >= 4 is 45.5 Å². The first-order chi connectivity index (χ1) is 16.4. The Bertz CT molecular complexity index is 1310. The SMILES string of the molecule is COc1cc(/C=C2\C(=O)NC(=O)N(c3ccccc3)C2=O)cc(Br)c1OCc1cccc(F)c1. The summed E-state index contributed by atoms with van der Waals surface area (Å²) in [6.07, 6.45) is 1.36. The smallest absolute Gasteiger partial charge is 0.335 e. The summed E-state index contributed by atoms with van der Waals surface area (Å²) in [5.74, 6) is -1.22. The highest BCUT2D eigenvalue weighted by molar-refractivity contribution is 9.10. The number of benzene rings is 3. The summed E-state index contributed by atoms with van der Waals surface area (Å²) in [6.45, 7) is 0.0994. The molecule has 0 saturated carbocycles. The van der Waals surface area contributed by atoms with Gasteiger partial charge >= 0.3 is 6.03 Å². The Labute approximate surface area is 202 Å². The molecule has 4 amide bonds.